The Kier molecular flexibility index (Phi) is 3.78. The van der Waals surface area contributed by atoms with E-state index in [1.165, 1.54) is 0 Å². The molecule has 0 radical (unpaired) electrons. The normalized spacial score (nSPS) is 12.2. The molecule has 112 valence electrons. The van der Waals surface area contributed by atoms with Crippen LogP contribution < -0.4 is 15.4 Å². The number of carbonyl (C=O) groups is 2. The van der Waals surface area contributed by atoms with Gasteiger partial charge in [0.15, 0.2) is 0 Å². The molecule has 5 heteroatoms. The zero-order valence-electron chi connectivity index (χ0n) is 12.2. The van der Waals surface area contributed by atoms with E-state index in [0.717, 1.165) is 17.7 Å². The van der Waals surface area contributed by atoms with Crippen LogP contribution in [0.3, 0.4) is 0 Å². The summed E-state index contributed by atoms with van der Waals surface area (Å²) in [5.74, 6) is 0.452. The van der Waals surface area contributed by atoms with Crippen LogP contribution in [0, 0.1) is 0 Å². The third-order valence-electron chi connectivity index (χ3n) is 3.56. The molecule has 1 heterocycles. The second kappa shape index (κ2) is 5.89. The van der Waals surface area contributed by atoms with Crippen LogP contribution in [-0.2, 0) is 6.42 Å². The van der Waals surface area contributed by atoms with Gasteiger partial charge in [-0.3, -0.25) is 9.59 Å². The first kappa shape index (κ1) is 14.1. The van der Waals surface area contributed by atoms with Crippen molar-refractivity contribution in [2.45, 2.75) is 6.42 Å². The van der Waals surface area contributed by atoms with E-state index in [4.69, 9.17) is 4.74 Å². The first-order chi connectivity index (χ1) is 10.7. The van der Waals surface area contributed by atoms with E-state index in [1.807, 2.05) is 12.1 Å². The molecule has 0 spiro atoms. The Morgan fingerprint density at radius 3 is 2.68 bits per heavy atom. The smallest absolute Gasteiger partial charge is 0.255 e. The zero-order valence-corrected chi connectivity index (χ0v) is 12.2. The highest BCUT2D eigenvalue weighted by Crippen LogP contribution is 2.26. The van der Waals surface area contributed by atoms with E-state index in [1.54, 1.807) is 37.4 Å². The van der Waals surface area contributed by atoms with Gasteiger partial charge in [-0.05, 0) is 42.0 Å². The van der Waals surface area contributed by atoms with Crippen LogP contribution in [0.5, 0.6) is 5.75 Å². The monoisotopic (exact) mass is 296 g/mol. The molecule has 0 fully saturated rings. The second-order valence-corrected chi connectivity index (χ2v) is 5.04. The molecule has 0 atom stereocenters. The van der Waals surface area contributed by atoms with E-state index in [2.05, 4.69) is 10.6 Å². The van der Waals surface area contributed by atoms with E-state index < -0.39 is 0 Å². The van der Waals surface area contributed by atoms with Crippen LogP contribution in [0.4, 0.5) is 5.69 Å². The quantitative estimate of drug-likeness (QED) is 0.912. The molecule has 3 rings (SSSR count). The highest BCUT2D eigenvalue weighted by atomic mass is 16.5. The summed E-state index contributed by atoms with van der Waals surface area (Å²) in [7, 11) is 1.57. The summed E-state index contributed by atoms with van der Waals surface area (Å²) in [6, 6.07) is 12.2. The largest absolute Gasteiger partial charge is 0.493 e. The summed E-state index contributed by atoms with van der Waals surface area (Å²) in [5.41, 5.74) is 2.71. The SMILES string of the molecule is CNC(=O)c1cccc(NC(=O)c2ccc3c(c2)CCO3)c1. The molecule has 2 aromatic rings. The summed E-state index contributed by atoms with van der Waals surface area (Å²) in [6.45, 7) is 0.661. The number of rotatable bonds is 3. The molecule has 0 unspecified atom stereocenters. The summed E-state index contributed by atoms with van der Waals surface area (Å²) < 4.78 is 5.43. The fourth-order valence-corrected chi connectivity index (χ4v) is 2.41. The van der Waals surface area contributed by atoms with Crippen molar-refractivity contribution in [3.63, 3.8) is 0 Å². The molecule has 2 N–H and O–H groups in total. The Labute approximate surface area is 128 Å². The third-order valence-corrected chi connectivity index (χ3v) is 3.56. The van der Waals surface area contributed by atoms with Crippen LogP contribution in [0.15, 0.2) is 42.5 Å². The van der Waals surface area contributed by atoms with Crippen molar-refractivity contribution in [1.82, 2.24) is 5.32 Å². The van der Waals surface area contributed by atoms with Gasteiger partial charge in [-0.2, -0.15) is 0 Å². The van der Waals surface area contributed by atoms with Crippen molar-refractivity contribution in [1.29, 1.82) is 0 Å². The van der Waals surface area contributed by atoms with Crippen LogP contribution in [-0.4, -0.2) is 25.5 Å². The van der Waals surface area contributed by atoms with Gasteiger partial charge in [0, 0.05) is 30.3 Å². The molecule has 2 amide bonds. The lowest BCUT2D eigenvalue weighted by molar-refractivity contribution is 0.0961. The lowest BCUT2D eigenvalue weighted by atomic mass is 10.1. The standard InChI is InChI=1S/C17H16N2O3/c1-18-16(20)12-3-2-4-14(10-12)19-17(21)13-5-6-15-11(9-13)7-8-22-15/h2-6,9-10H,7-8H2,1H3,(H,18,20)(H,19,21). The summed E-state index contributed by atoms with van der Waals surface area (Å²) >= 11 is 0. The maximum atomic E-state index is 12.3. The highest BCUT2D eigenvalue weighted by Gasteiger charge is 2.15. The maximum Gasteiger partial charge on any atom is 0.255 e. The molecular weight excluding hydrogens is 280 g/mol. The molecule has 5 nitrogen and oxygen atoms in total. The average Bonchev–Trinajstić information content (AvgIpc) is 3.01. The van der Waals surface area contributed by atoms with Gasteiger partial charge in [0.25, 0.3) is 11.8 Å². The Bertz CT molecular complexity index is 740. The van der Waals surface area contributed by atoms with E-state index in [0.29, 0.717) is 23.4 Å². The highest BCUT2D eigenvalue weighted by molar-refractivity contribution is 6.05. The second-order valence-electron chi connectivity index (χ2n) is 5.04. The van der Waals surface area contributed by atoms with Crippen molar-refractivity contribution >= 4 is 17.5 Å². The molecule has 1 aliphatic rings. The summed E-state index contributed by atoms with van der Waals surface area (Å²) in [5, 5.41) is 5.37. The number of carbonyl (C=O) groups excluding carboxylic acids is 2. The molecule has 22 heavy (non-hydrogen) atoms. The van der Waals surface area contributed by atoms with Crippen molar-refractivity contribution < 1.29 is 14.3 Å². The zero-order chi connectivity index (χ0) is 15.5. The molecule has 0 aliphatic carbocycles. The van der Waals surface area contributed by atoms with Gasteiger partial charge in [-0.1, -0.05) is 6.07 Å². The minimum absolute atomic E-state index is 0.189. The van der Waals surface area contributed by atoms with Gasteiger partial charge in [0.05, 0.1) is 6.61 Å². The van der Waals surface area contributed by atoms with E-state index in [9.17, 15) is 9.59 Å². The van der Waals surface area contributed by atoms with Crippen LogP contribution in [0.2, 0.25) is 0 Å². The lowest BCUT2D eigenvalue weighted by Gasteiger charge is -2.08. The maximum absolute atomic E-state index is 12.3. The molecule has 2 aromatic carbocycles. The summed E-state index contributed by atoms with van der Waals surface area (Å²) in [4.78, 5) is 23.9. The van der Waals surface area contributed by atoms with Gasteiger partial charge >= 0.3 is 0 Å². The summed E-state index contributed by atoms with van der Waals surface area (Å²) in [6.07, 6.45) is 0.822. The number of hydrogen-bond acceptors (Lipinski definition) is 3. The van der Waals surface area contributed by atoms with Crippen molar-refractivity contribution in [3.8, 4) is 5.75 Å². The van der Waals surface area contributed by atoms with Gasteiger partial charge in [-0.25, -0.2) is 0 Å². The van der Waals surface area contributed by atoms with Crippen molar-refractivity contribution in [2.24, 2.45) is 0 Å². The molecule has 0 saturated heterocycles. The van der Waals surface area contributed by atoms with Crippen molar-refractivity contribution in [3.05, 3.63) is 59.2 Å². The molecule has 0 aromatic heterocycles. The fourth-order valence-electron chi connectivity index (χ4n) is 2.41. The fraction of sp³-hybridized carbons (Fsp3) is 0.176. The van der Waals surface area contributed by atoms with E-state index in [-0.39, 0.29) is 11.8 Å². The Morgan fingerprint density at radius 1 is 1.05 bits per heavy atom. The van der Waals surface area contributed by atoms with Gasteiger partial charge in [0.1, 0.15) is 5.75 Å². The number of anilines is 1. The van der Waals surface area contributed by atoms with Gasteiger partial charge in [0.2, 0.25) is 0 Å². The van der Waals surface area contributed by atoms with Crippen molar-refractivity contribution in [2.75, 3.05) is 19.0 Å². The number of hydrogen-bond donors (Lipinski definition) is 2. The number of ether oxygens (including phenoxy) is 1. The first-order valence-corrected chi connectivity index (χ1v) is 7.06. The molecular formula is C17H16N2O3. The van der Waals surface area contributed by atoms with Crippen LogP contribution >= 0.6 is 0 Å². The van der Waals surface area contributed by atoms with E-state index >= 15 is 0 Å². The average molecular weight is 296 g/mol. The van der Waals surface area contributed by atoms with Crippen LogP contribution in [0.1, 0.15) is 26.3 Å². The molecule has 0 saturated carbocycles. The minimum Gasteiger partial charge on any atom is -0.493 e. The third kappa shape index (κ3) is 2.79. The molecule has 0 bridgehead atoms. The Morgan fingerprint density at radius 2 is 1.86 bits per heavy atom. The minimum atomic E-state index is -0.205. The molecule has 1 aliphatic heterocycles. The van der Waals surface area contributed by atoms with Gasteiger partial charge in [-0.15, -0.1) is 0 Å². The Hall–Kier alpha value is -2.82. The lowest BCUT2D eigenvalue weighted by Crippen LogP contribution is -2.18. The first-order valence-electron chi connectivity index (χ1n) is 7.06. The topological polar surface area (TPSA) is 67.4 Å². The number of amides is 2. The predicted molar refractivity (Wildman–Crippen MR) is 83.4 cm³/mol. The number of nitrogens with one attached hydrogen (secondary N) is 2. The Balaban J connectivity index is 1.78. The van der Waals surface area contributed by atoms with Crippen LogP contribution in [0.25, 0.3) is 0 Å². The predicted octanol–water partition coefficient (Wildman–Crippen LogP) is 2.23. The number of benzene rings is 2. The number of fused-ring (bicyclic) bond motifs is 1. The van der Waals surface area contributed by atoms with Gasteiger partial charge < -0.3 is 15.4 Å².